The number of nitrogens with zero attached hydrogens (tertiary/aromatic N) is 1. The number of halogens is 3. The van der Waals surface area contributed by atoms with E-state index in [1.165, 1.54) is 18.2 Å². The number of sulfonamides is 2. The van der Waals surface area contributed by atoms with E-state index in [1.54, 1.807) is 0 Å². The van der Waals surface area contributed by atoms with Crippen LogP contribution in [0, 0.1) is 0 Å². The molecule has 1 fully saturated rings. The van der Waals surface area contributed by atoms with E-state index in [9.17, 15) is 43.2 Å². The lowest BCUT2D eigenvalue weighted by Gasteiger charge is -2.32. The number of alkyl halides is 3. The molecule has 0 unspecified atom stereocenters. The highest BCUT2D eigenvalue weighted by Gasteiger charge is 2.43. The van der Waals surface area contributed by atoms with Crippen LogP contribution in [-0.4, -0.2) is 70.8 Å². The summed E-state index contributed by atoms with van der Waals surface area (Å²) in [5.74, 6) is -1.32. The van der Waals surface area contributed by atoms with Crippen molar-refractivity contribution in [3.8, 4) is 0 Å². The highest BCUT2D eigenvalue weighted by molar-refractivity contribution is 7.93. The molecule has 2 N–H and O–H groups in total. The molecule has 3 rings (SSSR count). The van der Waals surface area contributed by atoms with E-state index < -0.39 is 70.3 Å². The fraction of sp³-hybridized carbons (Fsp3) is 0.368. The van der Waals surface area contributed by atoms with E-state index >= 15 is 0 Å². The fourth-order valence-electron chi connectivity index (χ4n) is 3.62. The Balaban J connectivity index is 1.78. The maximum atomic E-state index is 13.4. The Labute approximate surface area is 200 Å². The normalized spacial score (nSPS) is 18.7. The first-order valence-corrected chi connectivity index (χ1v) is 13.9. The van der Waals surface area contributed by atoms with Crippen LogP contribution in [0.25, 0.3) is 0 Å². The molecule has 2 aliphatic rings. The van der Waals surface area contributed by atoms with Crippen LogP contribution >= 0.6 is 0 Å². The summed E-state index contributed by atoms with van der Waals surface area (Å²) in [6, 6.07) is 3.76. The van der Waals surface area contributed by atoms with E-state index in [1.807, 2.05) is 0 Å². The van der Waals surface area contributed by atoms with Gasteiger partial charge in [0.05, 0.1) is 25.8 Å². The molecule has 192 valence electrons. The number of benzene rings is 1. The number of carboxylic acids is 1. The Hall–Kier alpha value is -2.53. The van der Waals surface area contributed by atoms with Gasteiger partial charge in [0.15, 0.2) is 0 Å². The number of carboxylic acid groups (broad SMARTS) is 1. The summed E-state index contributed by atoms with van der Waals surface area (Å²) >= 11 is 0. The summed E-state index contributed by atoms with van der Waals surface area (Å²) in [6.07, 6.45) is -4.87. The van der Waals surface area contributed by atoms with Crippen LogP contribution in [0.3, 0.4) is 0 Å². The van der Waals surface area contributed by atoms with Crippen LogP contribution in [0.15, 0.2) is 51.8 Å². The molecule has 0 amide bonds. The zero-order valence-corrected chi connectivity index (χ0v) is 20.1. The molecule has 1 heterocycles. The SMILES string of the molecule is O=C(O)c1cccc(S(=O)(=O)N2CCC(NS(=O)(=O)C3=CC(=S(=O)=O)CC=C3C(F)(F)F)CC2)c1. The van der Waals surface area contributed by atoms with Crippen LogP contribution in [0.4, 0.5) is 13.2 Å². The van der Waals surface area contributed by atoms with Crippen LogP contribution in [-0.2, 0) is 30.3 Å². The third kappa shape index (κ3) is 6.00. The highest BCUT2D eigenvalue weighted by atomic mass is 32.2. The van der Waals surface area contributed by atoms with Crippen LogP contribution < -0.4 is 4.72 Å². The lowest BCUT2D eigenvalue weighted by atomic mass is 10.1. The third-order valence-corrected chi connectivity index (χ3v) is 9.54. The Morgan fingerprint density at radius 3 is 2.29 bits per heavy atom. The van der Waals surface area contributed by atoms with Crippen molar-refractivity contribution in [2.75, 3.05) is 13.1 Å². The molecule has 0 aromatic heterocycles. The fourth-order valence-corrected chi connectivity index (χ4v) is 7.23. The lowest BCUT2D eigenvalue weighted by Crippen LogP contribution is -2.47. The number of nitrogens with one attached hydrogen (secondary N) is 1. The number of rotatable bonds is 6. The van der Waals surface area contributed by atoms with Gasteiger partial charge in [-0.15, -0.1) is 0 Å². The van der Waals surface area contributed by atoms with Gasteiger partial charge in [0.25, 0.3) is 0 Å². The predicted octanol–water partition coefficient (Wildman–Crippen LogP) is 1.29. The first-order chi connectivity index (χ1) is 16.1. The summed E-state index contributed by atoms with van der Waals surface area (Å²) in [4.78, 5) is 9.10. The molecule has 1 saturated heterocycles. The first kappa shape index (κ1) is 27.1. The highest BCUT2D eigenvalue weighted by Crippen LogP contribution is 2.36. The molecule has 0 saturated carbocycles. The van der Waals surface area contributed by atoms with Crippen LogP contribution in [0.2, 0.25) is 0 Å². The molecule has 16 heteroatoms. The van der Waals surface area contributed by atoms with Crippen molar-refractivity contribution >= 4 is 41.2 Å². The molecule has 35 heavy (non-hydrogen) atoms. The van der Waals surface area contributed by atoms with Crippen molar-refractivity contribution < 1.29 is 48.3 Å². The van der Waals surface area contributed by atoms with Gasteiger partial charge in [-0.1, -0.05) is 12.1 Å². The molecule has 0 bridgehead atoms. The maximum Gasteiger partial charge on any atom is 0.417 e. The molecule has 1 aromatic carbocycles. The molecular weight excluding hydrogens is 537 g/mol. The van der Waals surface area contributed by atoms with Gasteiger partial charge in [-0.3, -0.25) is 0 Å². The zero-order chi connectivity index (χ0) is 26.2. The Kier molecular flexibility index (Phi) is 7.61. The second kappa shape index (κ2) is 9.85. The summed E-state index contributed by atoms with van der Waals surface area (Å²) in [6.45, 7) is -0.369. The monoisotopic (exact) mass is 556 g/mol. The van der Waals surface area contributed by atoms with Crippen LogP contribution in [0.1, 0.15) is 29.6 Å². The van der Waals surface area contributed by atoms with E-state index in [-0.39, 0.29) is 36.4 Å². The predicted molar refractivity (Wildman–Crippen MR) is 118 cm³/mol. The molecule has 1 aromatic rings. The second-order valence-corrected chi connectivity index (χ2v) is 12.3. The van der Waals surface area contributed by atoms with Gasteiger partial charge in [0.1, 0.15) is 0 Å². The minimum atomic E-state index is -5.04. The van der Waals surface area contributed by atoms with E-state index in [0.29, 0.717) is 12.2 Å². The average Bonchev–Trinajstić information content (AvgIpc) is 2.78. The van der Waals surface area contributed by atoms with E-state index in [2.05, 4.69) is 4.72 Å². The van der Waals surface area contributed by atoms with Gasteiger partial charge in [-0.25, -0.2) is 26.4 Å². The first-order valence-electron chi connectivity index (χ1n) is 9.93. The summed E-state index contributed by atoms with van der Waals surface area (Å²) in [5, 5.41) is 9.06. The van der Waals surface area contributed by atoms with Gasteiger partial charge in [0.2, 0.25) is 30.3 Å². The standard InChI is InChI=1S/C19H19F3N2O8S3/c20-19(21,22)16-5-4-14(33(27)28)11-17(16)34(29,30)23-13-6-8-24(9-7-13)35(31,32)15-3-1-2-12(10-15)18(25)26/h1-3,5,10-11,13,23H,4,6-9H2,(H,25,26). The Bertz CT molecular complexity index is 1440. The largest absolute Gasteiger partial charge is 0.478 e. The van der Waals surface area contributed by atoms with Crippen molar-refractivity contribution in [3.05, 3.63) is 52.5 Å². The molecule has 0 radical (unpaired) electrons. The van der Waals surface area contributed by atoms with Crippen molar-refractivity contribution in [1.82, 2.24) is 9.03 Å². The van der Waals surface area contributed by atoms with Gasteiger partial charge in [-0.05, 0) is 37.1 Å². The molecular formula is C19H19F3N2O8S3. The molecule has 1 aliphatic carbocycles. The van der Waals surface area contributed by atoms with Gasteiger partial charge >= 0.3 is 12.1 Å². The van der Waals surface area contributed by atoms with Crippen molar-refractivity contribution in [2.45, 2.75) is 36.4 Å². The summed E-state index contributed by atoms with van der Waals surface area (Å²) < 4.78 is 117. The van der Waals surface area contributed by atoms with Gasteiger partial charge in [0, 0.05) is 25.6 Å². The minimum absolute atomic E-state index is 0.0838. The van der Waals surface area contributed by atoms with Crippen molar-refractivity contribution in [1.29, 1.82) is 0 Å². The molecule has 0 spiro atoms. The molecule has 0 atom stereocenters. The quantitative estimate of drug-likeness (QED) is 0.497. The van der Waals surface area contributed by atoms with Gasteiger partial charge < -0.3 is 5.11 Å². The van der Waals surface area contributed by atoms with E-state index in [0.717, 1.165) is 10.4 Å². The average molecular weight is 557 g/mol. The second-order valence-electron chi connectivity index (χ2n) is 7.66. The number of allylic oxidation sites excluding steroid dienone is 3. The molecule has 10 nitrogen and oxygen atoms in total. The lowest BCUT2D eigenvalue weighted by molar-refractivity contribution is -0.0889. The summed E-state index contributed by atoms with van der Waals surface area (Å²) in [7, 11) is -11.8. The smallest absolute Gasteiger partial charge is 0.417 e. The number of hydrogen-bond acceptors (Lipinski definition) is 7. The van der Waals surface area contributed by atoms with E-state index in [4.69, 9.17) is 5.11 Å². The zero-order valence-electron chi connectivity index (χ0n) is 17.7. The Morgan fingerprint density at radius 1 is 1.11 bits per heavy atom. The summed E-state index contributed by atoms with van der Waals surface area (Å²) in [5.41, 5.74) is -1.73. The number of aromatic carboxylic acids is 1. The maximum absolute atomic E-state index is 13.4. The minimum Gasteiger partial charge on any atom is -0.478 e. The number of carbonyl (C=O) groups is 1. The number of hydrogen-bond donors (Lipinski definition) is 2. The number of piperidine rings is 1. The van der Waals surface area contributed by atoms with Crippen LogP contribution in [0.5, 0.6) is 0 Å². The van der Waals surface area contributed by atoms with Crippen molar-refractivity contribution in [2.24, 2.45) is 0 Å². The van der Waals surface area contributed by atoms with Crippen molar-refractivity contribution in [3.63, 3.8) is 0 Å². The third-order valence-electron chi connectivity index (χ3n) is 5.37. The van der Waals surface area contributed by atoms with Gasteiger partial charge in [-0.2, -0.15) is 25.9 Å². The molecule has 1 aliphatic heterocycles. The Morgan fingerprint density at radius 2 is 1.74 bits per heavy atom. The topological polar surface area (TPSA) is 155 Å².